The molecule has 0 saturated carbocycles. The maximum atomic E-state index is 4.87. The van der Waals surface area contributed by atoms with Crippen LogP contribution in [0.4, 0.5) is 0 Å². The molecule has 0 N–H and O–H groups in total. The summed E-state index contributed by atoms with van der Waals surface area (Å²) in [4.78, 5) is 14.8. The second kappa shape index (κ2) is 10.6. The fraction of sp³-hybridized carbons (Fsp3) is 0.500. The van der Waals surface area contributed by atoms with Gasteiger partial charge in [0, 0.05) is 50.9 Å². The van der Waals surface area contributed by atoms with Gasteiger partial charge in [0.05, 0.1) is 6.54 Å². The second-order valence-electron chi connectivity index (χ2n) is 9.46. The minimum atomic E-state index is 0.707. The van der Waals surface area contributed by atoms with Crippen molar-refractivity contribution < 1.29 is 0 Å². The predicted molar refractivity (Wildman–Crippen MR) is 139 cm³/mol. The van der Waals surface area contributed by atoms with Crippen LogP contribution in [-0.4, -0.2) is 63.1 Å². The Kier molecular flexibility index (Phi) is 7.61. The molecule has 1 atom stereocenters. The van der Waals surface area contributed by atoms with Crippen LogP contribution in [0.5, 0.6) is 0 Å². The number of hydrogen-bond acceptors (Lipinski definition) is 4. The quantitative estimate of drug-likeness (QED) is 0.484. The third kappa shape index (κ3) is 5.53. The number of aryl methyl sites for hydroxylation is 3. The summed E-state index contributed by atoms with van der Waals surface area (Å²) in [7, 11) is 0. The van der Waals surface area contributed by atoms with Crippen LogP contribution in [0.25, 0.3) is 17.2 Å². The zero-order valence-electron chi connectivity index (χ0n) is 21.0. The zero-order chi connectivity index (χ0) is 23.4. The van der Waals surface area contributed by atoms with E-state index in [0.29, 0.717) is 6.04 Å². The molecule has 0 amide bonds. The van der Waals surface area contributed by atoms with E-state index in [1.54, 1.807) is 0 Å². The van der Waals surface area contributed by atoms with Crippen LogP contribution in [0.2, 0.25) is 0 Å². The minimum Gasteiger partial charge on any atom is -0.308 e. The Bertz CT molecular complexity index is 1090. The highest BCUT2D eigenvalue weighted by molar-refractivity contribution is 5.76. The second-order valence-corrected chi connectivity index (χ2v) is 9.46. The van der Waals surface area contributed by atoms with Crippen molar-refractivity contribution >= 4 is 17.2 Å². The van der Waals surface area contributed by atoms with Crippen molar-refractivity contribution in [2.75, 3.05) is 32.7 Å². The molecule has 1 aliphatic rings. The maximum absolute atomic E-state index is 4.87. The Morgan fingerprint density at radius 3 is 2.39 bits per heavy atom. The summed E-state index contributed by atoms with van der Waals surface area (Å²) in [5, 5.41) is 0. The Morgan fingerprint density at radius 2 is 1.73 bits per heavy atom. The molecule has 2 aromatic heterocycles. The predicted octanol–water partition coefficient (Wildman–Crippen LogP) is 5.09. The number of aromatic nitrogens is 3. The third-order valence-electron chi connectivity index (χ3n) is 7.03. The molecule has 0 spiro atoms. The SMILES string of the molecule is CCc1nc2c(C)cc(C)nc2n1Cc1ccc(/C=C/CN2CCN(C(C)CC)CC2)cc1. The molecule has 5 nitrogen and oxygen atoms in total. The Morgan fingerprint density at radius 1 is 1.00 bits per heavy atom. The summed E-state index contributed by atoms with van der Waals surface area (Å²) in [5.74, 6) is 1.10. The fourth-order valence-electron chi connectivity index (χ4n) is 4.78. The van der Waals surface area contributed by atoms with Gasteiger partial charge in [-0.1, -0.05) is 50.3 Å². The van der Waals surface area contributed by atoms with Crippen molar-refractivity contribution in [2.45, 2.75) is 60.0 Å². The zero-order valence-corrected chi connectivity index (χ0v) is 21.0. The van der Waals surface area contributed by atoms with Gasteiger partial charge in [-0.15, -0.1) is 0 Å². The molecular weight excluding hydrogens is 406 g/mol. The van der Waals surface area contributed by atoms with E-state index < -0.39 is 0 Å². The summed E-state index contributed by atoms with van der Waals surface area (Å²) in [5.41, 5.74) is 6.82. The normalized spacial score (nSPS) is 16.8. The van der Waals surface area contributed by atoms with Crippen molar-refractivity contribution in [3.05, 3.63) is 64.6 Å². The summed E-state index contributed by atoms with van der Waals surface area (Å²) < 4.78 is 2.28. The largest absolute Gasteiger partial charge is 0.308 e. The summed E-state index contributed by atoms with van der Waals surface area (Å²) >= 11 is 0. The van der Waals surface area contributed by atoms with Crippen molar-refractivity contribution in [1.82, 2.24) is 24.3 Å². The number of benzene rings is 1. The number of fused-ring (bicyclic) bond motifs is 1. The number of pyridine rings is 1. The molecule has 0 radical (unpaired) electrons. The van der Waals surface area contributed by atoms with Gasteiger partial charge < -0.3 is 4.57 Å². The maximum Gasteiger partial charge on any atom is 0.160 e. The third-order valence-corrected chi connectivity index (χ3v) is 7.03. The number of rotatable bonds is 8. The average Bonchev–Trinajstić information content (AvgIpc) is 3.17. The Balaban J connectivity index is 1.38. The number of hydrogen-bond donors (Lipinski definition) is 0. The van der Waals surface area contributed by atoms with Gasteiger partial charge in [-0.3, -0.25) is 9.80 Å². The van der Waals surface area contributed by atoms with Crippen LogP contribution in [0, 0.1) is 13.8 Å². The molecule has 0 bridgehead atoms. The van der Waals surface area contributed by atoms with Crippen LogP contribution in [0.1, 0.15) is 55.4 Å². The van der Waals surface area contributed by atoms with Crippen LogP contribution in [0.15, 0.2) is 36.4 Å². The van der Waals surface area contributed by atoms with E-state index in [0.717, 1.165) is 42.2 Å². The lowest BCUT2D eigenvalue weighted by Crippen LogP contribution is -2.49. The van der Waals surface area contributed by atoms with E-state index >= 15 is 0 Å². The van der Waals surface area contributed by atoms with E-state index in [2.05, 4.69) is 91.5 Å². The summed E-state index contributed by atoms with van der Waals surface area (Å²) in [6, 6.07) is 11.7. The first-order valence-electron chi connectivity index (χ1n) is 12.5. The van der Waals surface area contributed by atoms with Crippen LogP contribution < -0.4 is 0 Å². The smallest absolute Gasteiger partial charge is 0.160 e. The standard InChI is InChI=1S/C28H39N5/c1-6-23(5)32-17-15-31(16-18-32)14-8-9-24-10-12-25(13-11-24)20-33-26(7-2)30-27-21(3)19-22(4)29-28(27)33/h8-13,19,23H,6-7,14-18,20H2,1-5H3/b9-8+. The van der Waals surface area contributed by atoms with Crippen molar-refractivity contribution in [1.29, 1.82) is 0 Å². The fourth-order valence-corrected chi connectivity index (χ4v) is 4.78. The molecule has 3 heterocycles. The van der Waals surface area contributed by atoms with Gasteiger partial charge in [-0.25, -0.2) is 9.97 Å². The van der Waals surface area contributed by atoms with Gasteiger partial charge in [0.1, 0.15) is 11.3 Å². The lowest BCUT2D eigenvalue weighted by atomic mass is 10.1. The number of nitrogens with zero attached hydrogens (tertiary/aromatic N) is 5. The molecule has 1 aliphatic heterocycles. The molecule has 1 aromatic carbocycles. The highest BCUT2D eigenvalue weighted by Crippen LogP contribution is 2.21. The lowest BCUT2D eigenvalue weighted by molar-refractivity contribution is 0.108. The number of piperazine rings is 1. The van der Waals surface area contributed by atoms with Gasteiger partial charge in [-0.2, -0.15) is 0 Å². The van der Waals surface area contributed by atoms with Gasteiger partial charge >= 0.3 is 0 Å². The molecule has 5 heteroatoms. The van der Waals surface area contributed by atoms with Crippen molar-refractivity contribution in [3.8, 4) is 0 Å². The minimum absolute atomic E-state index is 0.707. The molecule has 0 aliphatic carbocycles. The summed E-state index contributed by atoms with van der Waals surface area (Å²) in [6.07, 6.45) is 6.70. The highest BCUT2D eigenvalue weighted by Gasteiger charge is 2.19. The molecule has 1 unspecified atom stereocenters. The van der Waals surface area contributed by atoms with E-state index in [1.165, 1.54) is 49.3 Å². The Labute approximate surface area is 199 Å². The molecule has 33 heavy (non-hydrogen) atoms. The first kappa shape index (κ1) is 23.7. The molecule has 176 valence electrons. The van der Waals surface area contributed by atoms with E-state index in [-0.39, 0.29) is 0 Å². The summed E-state index contributed by atoms with van der Waals surface area (Å²) in [6.45, 7) is 17.5. The van der Waals surface area contributed by atoms with Gasteiger partial charge in [0.2, 0.25) is 0 Å². The Hall–Kier alpha value is -2.50. The van der Waals surface area contributed by atoms with Crippen molar-refractivity contribution in [2.24, 2.45) is 0 Å². The average molecular weight is 446 g/mol. The molecular formula is C28H39N5. The first-order valence-corrected chi connectivity index (χ1v) is 12.5. The van der Waals surface area contributed by atoms with E-state index in [1.807, 2.05) is 0 Å². The lowest BCUT2D eigenvalue weighted by Gasteiger charge is -2.37. The van der Waals surface area contributed by atoms with Crippen LogP contribution in [0.3, 0.4) is 0 Å². The number of imidazole rings is 1. The molecule has 1 fully saturated rings. The van der Waals surface area contributed by atoms with E-state index in [9.17, 15) is 0 Å². The topological polar surface area (TPSA) is 37.2 Å². The van der Waals surface area contributed by atoms with Crippen LogP contribution in [-0.2, 0) is 13.0 Å². The van der Waals surface area contributed by atoms with Crippen molar-refractivity contribution in [3.63, 3.8) is 0 Å². The molecule has 1 saturated heterocycles. The first-order chi connectivity index (χ1) is 16.0. The molecule has 3 aromatic rings. The monoisotopic (exact) mass is 445 g/mol. The highest BCUT2D eigenvalue weighted by atomic mass is 15.3. The van der Waals surface area contributed by atoms with Gasteiger partial charge in [-0.05, 0) is 49.9 Å². The van der Waals surface area contributed by atoms with Gasteiger partial charge in [0.15, 0.2) is 5.65 Å². The van der Waals surface area contributed by atoms with Crippen LogP contribution >= 0.6 is 0 Å². The van der Waals surface area contributed by atoms with E-state index in [4.69, 9.17) is 9.97 Å². The van der Waals surface area contributed by atoms with Gasteiger partial charge in [0.25, 0.3) is 0 Å². The molecule has 4 rings (SSSR count).